The molecule has 0 saturated heterocycles. The Morgan fingerprint density at radius 1 is 0.304 bits per heavy atom. The van der Waals surface area contributed by atoms with Gasteiger partial charge in [-0.1, -0.05) is 60.7 Å². The average molecular weight is 709 g/mol. The first kappa shape index (κ1) is 32.6. The maximum absolute atomic E-state index is 10.0. The van der Waals surface area contributed by atoms with Crippen LogP contribution in [0.3, 0.4) is 0 Å². The molecule has 0 saturated carbocycles. The Morgan fingerprint density at radius 2 is 0.768 bits per heavy atom. The van der Waals surface area contributed by atoms with Crippen LogP contribution in [-0.2, 0) is 0 Å². The lowest BCUT2D eigenvalue weighted by atomic mass is 9.84. The lowest BCUT2D eigenvalue weighted by molar-refractivity contribution is 1.42. The van der Waals surface area contributed by atoms with Gasteiger partial charge in [-0.15, -0.1) is 0 Å². The van der Waals surface area contributed by atoms with Gasteiger partial charge in [-0.25, -0.2) is 0 Å². The van der Waals surface area contributed by atoms with Gasteiger partial charge in [0.25, 0.3) is 0 Å². The van der Waals surface area contributed by atoms with Crippen LogP contribution in [0.5, 0.6) is 0 Å². The van der Waals surface area contributed by atoms with E-state index in [0.717, 1.165) is 93.3 Å². The van der Waals surface area contributed by atoms with Crippen LogP contribution in [0.2, 0.25) is 0 Å². The zero-order valence-corrected chi connectivity index (χ0v) is 30.5. The van der Waals surface area contributed by atoms with Gasteiger partial charge in [-0.2, -0.15) is 21.0 Å². The van der Waals surface area contributed by atoms with E-state index in [0.29, 0.717) is 22.3 Å². The predicted molar refractivity (Wildman–Crippen MR) is 226 cm³/mol. The molecule has 4 heteroatoms. The van der Waals surface area contributed by atoms with Crippen molar-refractivity contribution in [2.24, 2.45) is 0 Å². The molecule has 0 unspecified atom stereocenters. The Labute approximate surface area is 323 Å². The van der Waals surface area contributed by atoms with E-state index in [-0.39, 0.29) is 0 Å². The van der Waals surface area contributed by atoms with E-state index >= 15 is 0 Å². The molecule has 10 rings (SSSR count). The summed E-state index contributed by atoms with van der Waals surface area (Å²) < 4.78 is 0. The third kappa shape index (κ3) is 4.75. The van der Waals surface area contributed by atoms with Crippen LogP contribution in [0.1, 0.15) is 33.4 Å². The Morgan fingerprint density at radius 3 is 1.41 bits per heavy atom. The van der Waals surface area contributed by atoms with Gasteiger partial charge in [0.1, 0.15) is 0 Å². The van der Waals surface area contributed by atoms with Crippen molar-refractivity contribution < 1.29 is 0 Å². The number of nitriles is 4. The molecule has 0 radical (unpaired) electrons. The molecule has 56 heavy (non-hydrogen) atoms. The Kier molecular flexibility index (Phi) is 7.15. The molecule has 0 atom stereocenters. The molecule has 0 aromatic heterocycles. The zero-order chi connectivity index (χ0) is 38.2. The van der Waals surface area contributed by atoms with Gasteiger partial charge >= 0.3 is 0 Å². The van der Waals surface area contributed by atoms with Crippen molar-refractivity contribution >= 4 is 43.1 Å². The van der Waals surface area contributed by atoms with Crippen molar-refractivity contribution in [1.82, 2.24) is 0 Å². The van der Waals surface area contributed by atoms with Crippen molar-refractivity contribution in [2.75, 3.05) is 0 Å². The minimum Gasteiger partial charge on any atom is -0.192 e. The zero-order valence-electron chi connectivity index (χ0n) is 30.5. The molecule has 0 N–H and O–H groups in total. The fourth-order valence-corrected chi connectivity index (χ4v) is 8.99. The smallest absolute Gasteiger partial charge is 0.0991 e. The second-order valence-electron chi connectivity index (χ2n) is 14.6. The normalized spacial score (nSPS) is 11.3. The van der Waals surface area contributed by atoms with E-state index in [4.69, 9.17) is 0 Å². The van der Waals surface area contributed by atoms with Gasteiger partial charge in [0.05, 0.1) is 46.5 Å². The number of hydrogen-bond donors (Lipinski definition) is 0. The van der Waals surface area contributed by atoms with Crippen LogP contribution >= 0.6 is 0 Å². The topological polar surface area (TPSA) is 95.2 Å². The average Bonchev–Trinajstić information content (AvgIpc) is 3.55. The fourth-order valence-electron chi connectivity index (χ4n) is 8.99. The highest BCUT2D eigenvalue weighted by Crippen LogP contribution is 2.53. The number of aryl methyl sites for hydroxylation is 2. The van der Waals surface area contributed by atoms with Crippen molar-refractivity contribution in [3.8, 4) is 79.9 Å². The predicted octanol–water partition coefficient (Wildman–Crippen LogP) is 13.1. The molecule has 0 bridgehead atoms. The summed E-state index contributed by atoms with van der Waals surface area (Å²) in [6.07, 6.45) is 0. The fraction of sp³-hybridized carbons (Fsp3) is 0.0385. The number of nitrogens with zero attached hydrogens (tertiary/aromatic N) is 4. The Bertz CT molecular complexity index is 3430. The minimum atomic E-state index is 0.579. The summed E-state index contributed by atoms with van der Waals surface area (Å²) in [7, 11) is 0. The first-order valence-corrected chi connectivity index (χ1v) is 18.4. The third-order valence-electron chi connectivity index (χ3n) is 11.5. The van der Waals surface area contributed by atoms with Crippen LogP contribution in [0, 0.1) is 59.2 Å². The van der Waals surface area contributed by atoms with E-state index in [2.05, 4.69) is 104 Å². The van der Waals surface area contributed by atoms with Gasteiger partial charge in [0.15, 0.2) is 0 Å². The quantitative estimate of drug-likeness (QED) is 0.171. The summed E-state index contributed by atoms with van der Waals surface area (Å²) in [6.45, 7) is 4.10. The SMILES string of the molecule is Cc1cc(C#N)ccc1-c1cc2c3cc4c(cc3c(-c3ccc(C#N)cc3C)cc2c2ccc(C#N)cc12)-c1ccc(-c2cccc(C#N)c2)c2cccc-4c12. The molecule has 0 fully saturated rings. The molecule has 0 aliphatic heterocycles. The largest absolute Gasteiger partial charge is 0.192 e. The summed E-state index contributed by atoms with van der Waals surface area (Å²) in [5, 5.41) is 47.8. The summed E-state index contributed by atoms with van der Waals surface area (Å²) in [5.41, 5.74) is 15.3. The Balaban J connectivity index is 1.34. The van der Waals surface area contributed by atoms with Gasteiger partial charge in [-0.05, 0) is 196 Å². The minimum absolute atomic E-state index is 0.579. The highest BCUT2D eigenvalue weighted by Gasteiger charge is 2.26. The van der Waals surface area contributed by atoms with E-state index < -0.39 is 0 Å². The Hall–Kier alpha value is -8.02. The van der Waals surface area contributed by atoms with Crippen molar-refractivity contribution in [1.29, 1.82) is 21.0 Å². The monoisotopic (exact) mass is 708 g/mol. The van der Waals surface area contributed by atoms with E-state index in [1.54, 1.807) is 0 Å². The van der Waals surface area contributed by atoms with Crippen LogP contribution in [-0.4, -0.2) is 0 Å². The molecule has 256 valence electrons. The molecule has 1 aliphatic rings. The van der Waals surface area contributed by atoms with Gasteiger partial charge in [0.2, 0.25) is 0 Å². The van der Waals surface area contributed by atoms with E-state index in [1.807, 2.05) is 67.6 Å². The van der Waals surface area contributed by atoms with Crippen LogP contribution in [0.25, 0.3) is 98.7 Å². The number of hydrogen-bond acceptors (Lipinski definition) is 4. The standard InChI is InChI=1S/C52H28N4/c1-29-17-32(26-54)9-12-36(29)44-22-50-46(39-14-11-34(28-56)20-43(39)44)21-45(37-13-10-33(27-55)18-30(37)2)49-24-48-42-16-15-38(35-6-3-5-31(19-35)25-53)40-7-4-8-41(52(40)42)47(48)23-51(49)50/h3-24H,1-2H3. The highest BCUT2D eigenvalue weighted by atomic mass is 14.3. The van der Waals surface area contributed by atoms with Crippen molar-refractivity contribution in [3.63, 3.8) is 0 Å². The summed E-state index contributed by atoms with van der Waals surface area (Å²) in [4.78, 5) is 0. The molecule has 0 heterocycles. The van der Waals surface area contributed by atoms with Gasteiger partial charge in [0, 0.05) is 0 Å². The molecule has 9 aromatic rings. The van der Waals surface area contributed by atoms with Gasteiger partial charge < -0.3 is 0 Å². The first-order valence-electron chi connectivity index (χ1n) is 18.4. The lowest BCUT2D eigenvalue weighted by Gasteiger charge is -2.19. The third-order valence-corrected chi connectivity index (χ3v) is 11.5. The highest BCUT2D eigenvalue weighted by molar-refractivity contribution is 6.27. The maximum atomic E-state index is 10.0. The molecule has 9 aromatic carbocycles. The number of benzene rings is 9. The van der Waals surface area contributed by atoms with Crippen LogP contribution in [0.4, 0.5) is 0 Å². The summed E-state index contributed by atoms with van der Waals surface area (Å²) in [5.74, 6) is 0. The van der Waals surface area contributed by atoms with Crippen molar-refractivity contribution in [3.05, 3.63) is 167 Å². The van der Waals surface area contributed by atoms with Crippen LogP contribution < -0.4 is 0 Å². The second kappa shape index (κ2) is 12.3. The molecule has 0 amide bonds. The molecular weight excluding hydrogens is 681 g/mol. The molecule has 0 spiro atoms. The van der Waals surface area contributed by atoms with E-state index in [1.165, 1.54) is 16.5 Å². The molecular formula is C52H28N4. The number of rotatable bonds is 3. The van der Waals surface area contributed by atoms with E-state index in [9.17, 15) is 21.0 Å². The van der Waals surface area contributed by atoms with Gasteiger partial charge in [-0.3, -0.25) is 0 Å². The van der Waals surface area contributed by atoms with Crippen LogP contribution in [0.15, 0.2) is 133 Å². The summed E-state index contributed by atoms with van der Waals surface area (Å²) in [6, 6.07) is 54.8. The molecule has 4 nitrogen and oxygen atoms in total. The second-order valence-corrected chi connectivity index (χ2v) is 14.6. The maximum Gasteiger partial charge on any atom is 0.0991 e. The summed E-state index contributed by atoms with van der Waals surface area (Å²) >= 11 is 0. The number of fused-ring (bicyclic) bond motifs is 8. The first-order chi connectivity index (χ1) is 27.4. The van der Waals surface area contributed by atoms with Crippen molar-refractivity contribution in [2.45, 2.75) is 13.8 Å². The molecule has 1 aliphatic carbocycles. The lowest BCUT2D eigenvalue weighted by Crippen LogP contribution is -1.93.